The number of ether oxygens (including phenoxy) is 1. The Morgan fingerprint density at radius 2 is 2.15 bits per heavy atom. The van der Waals surface area contributed by atoms with E-state index in [1.807, 2.05) is 6.92 Å². The zero-order valence-corrected chi connectivity index (χ0v) is 12.4. The molecule has 3 nitrogen and oxygen atoms in total. The molecule has 4 heteroatoms. The monoisotopic (exact) mass is 280 g/mol. The molecular formula is C16H25FN2O. The van der Waals surface area contributed by atoms with E-state index in [1.165, 1.54) is 25.3 Å². The summed E-state index contributed by atoms with van der Waals surface area (Å²) in [7, 11) is 0. The fraction of sp³-hybridized carbons (Fsp3) is 0.625. The van der Waals surface area contributed by atoms with Crippen molar-refractivity contribution in [2.24, 2.45) is 5.92 Å². The third-order valence-corrected chi connectivity index (χ3v) is 4.12. The van der Waals surface area contributed by atoms with Crippen LogP contribution in [0.25, 0.3) is 0 Å². The van der Waals surface area contributed by atoms with Gasteiger partial charge in [-0.2, -0.15) is 0 Å². The zero-order chi connectivity index (χ0) is 14.5. The lowest BCUT2D eigenvalue weighted by molar-refractivity contribution is 0.320. The molecule has 0 bridgehead atoms. The van der Waals surface area contributed by atoms with Crippen LogP contribution >= 0.6 is 0 Å². The largest absolute Gasteiger partial charge is 0.491 e. The molecule has 20 heavy (non-hydrogen) atoms. The average Bonchev–Trinajstić information content (AvgIpc) is 2.44. The van der Waals surface area contributed by atoms with Crippen LogP contribution in [-0.2, 0) is 0 Å². The molecule has 2 atom stereocenters. The molecule has 0 radical (unpaired) electrons. The van der Waals surface area contributed by atoms with Crippen LogP contribution in [0.3, 0.4) is 0 Å². The highest BCUT2D eigenvalue weighted by atomic mass is 19.1. The van der Waals surface area contributed by atoms with Gasteiger partial charge in [-0.3, -0.25) is 0 Å². The summed E-state index contributed by atoms with van der Waals surface area (Å²) in [6, 6.07) is 3.45. The van der Waals surface area contributed by atoms with Crippen molar-refractivity contribution in [2.45, 2.75) is 52.0 Å². The molecule has 1 aromatic rings. The second kappa shape index (κ2) is 6.82. The van der Waals surface area contributed by atoms with Crippen LogP contribution in [0.1, 0.15) is 46.0 Å². The first-order valence-electron chi connectivity index (χ1n) is 7.62. The lowest BCUT2D eigenvalue weighted by atomic mass is 9.84. The fourth-order valence-corrected chi connectivity index (χ4v) is 2.97. The second-order valence-corrected chi connectivity index (χ2v) is 5.59. The molecule has 0 amide bonds. The highest BCUT2D eigenvalue weighted by Crippen LogP contribution is 2.33. The molecule has 1 aromatic carbocycles. The Balaban J connectivity index is 2.10. The molecule has 3 N–H and O–H groups in total. The number of benzene rings is 1. The van der Waals surface area contributed by atoms with Crippen molar-refractivity contribution in [3.63, 3.8) is 0 Å². The Morgan fingerprint density at radius 3 is 2.85 bits per heavy atom. The first kappa shape index (κ1) is 14.9. The van der Waals surface area contributed by atoms with Gasteiger partial charge in [-0.05, 0) is 25.7 Å². The smallest absolute Gasteiger partial charge is 0.167 e. The SMILES string of the molecule is CCOc1cc(NC2CCCC(CC)C2)c(N)cc1F. The number of anilines is 2. The van der Waals surface area contributed by atoms with Crippen molar-refractivity contribution in [3.05, 3.63) is 17.9 Å². The molecule has 1 saturated carbocycles. The second-order valence-electron chi connectivity index (χ2n) is 5.59. The summed E-state index contributed by atoms with van der Waals surface area (Å²) in [5, 5.41) is 3.47. The molecule has 0 saturated heterocycles. The summed E-state index contributed by atoms with van der Waals surface area (Å²) < 4.78 is 19.0. The Labute approximate surface area is 120 Å². The maximum Gasteiger partial charge on any atom is 0.167 e. The number of nitrogen functional groups attached to an aromatic ring is 1. The van der Waals surface area contributed by atoms with Crippen LogP contribution in [0.4, 0.5) is 15.8 Å². The van der Waals surface area contributed by atoms with Crippen LogP contribution in [0, 0.1) is 11.7 Å². The topological polar surface area (TPSA) is 47.3 Å². The first-order valence-corrected chi connectivity index (χ1v) is 7.62. The number of hydrogen-bond acceptors (Lipinski definition) is 3. The van der Waals surface area contributed by atoms with E-state index in [4.69, 9.17) is 10.5 Å². The van der Waals surface area contributed by atoms with E-state index in [2.05, 4.69) is 12.2 Å². The minimum atomic E-state index is -0.398. The summed E-state index contributed by atoms with van der Waals surface area (Å²) in [6.45, 7) is 4.53. The van der Waals surface area contributed by atoms with E-state index in [9.17, 15) is 4.39 Å². The zero-order valence-electron chi connectivity index (χ0n) is 12.4. The van der Waals surface area contributed by atoms with Crippen LogP contribution in [-0.4, -0.2) is 12.6 Å². The van der Waals surface area contributed by atoms with Gasteiger partial charge in [-0.1, -0.05) is 26.2 Å². The van der Waals surface area contributed by atoms with Crippen molar-refractivity contribution in [3.8, 4) is 5.75 Å². The van der Waals surface area contributed by atoms with Gasteiger partial charge in [0.1, 0.15) is 0 Å². The van der Waals surface area contributed by atoms with E-state index in [0.29, 0.717) is 18.3 Å². The van der Waals surface area contributed by atoms with Crippen LogP contribution in [0.2, 0.25) is 0 Å². The minimum absolute atomic E-state index is 0.270. The Morgan fingerprint density at radius 1 is 1.35 bits per heavy atom. The average molecular weight is 280 g/mol. The van der Waals surface area contributed by atoms with E-state index in [1.54, 1.807) is 6.07 Å². The predicted molar refractivity (Wildman–Crippen MR) is 81.6 cm³/mol. The Hall–Kier alpha value is -1.45. The summed E-state index contributed by atoms with van der Waals surface area (Å²) in [6.07, 6.45) is 6.10. The van der Waals surface area contributed by atoms with Crippen molar-refractivity contribution < 1.29 is 9.13 Å². The summed E-state index contributed by atoms with van der Waals surface area (Å²) in [5.41, 5.74) is 7.15. The molecule has 2 rings (SSSR count). The number of nitrogens with two attached hydrogens (primary N) is 1. The number of rotatable bonds is 5. The molecule has 2 unspecified atom stereocenters. The van der Waals surface area contributed by atoms with E-state index < -0.39 is 5.82 Å². The highest BCUT2D eigenvalue weighted by molar-refractivity contribution is 5.69. The summed E-state index contributed by atoms with van der Waals surface area (Å²) >= 11 is 0. The number of halogens is 1. The lowest BCUT2D eigenvalue weighted by Gasteiger charge is -2.30. The standard InChI is InChI=1S/C16H25FN2O/c1-3-11-6-5-7-12(8-11)19-15-10-16(20-4-2)13(17)9-14(15)18/h9-12,19H,3-8,18H2,1-2H3. The summed E-state index contributed by atoms with van der Waals surface area (Å²) in [4.78, 5) is 0. The minimum Gasteiger partial charge on any atom is -0.491 e. The van der Waals surface area contributed by atoms with Crippen LogP contribution < -0.4 is 15.8 Å². The third-order valence-electron chi connectivity index (χ3n) is 4.12. The Bertz CT molecular complexity index is 450. The summed E-state index contributed by atoms with van der Waals surface area (Å²) in [5.74, 6) is 0.659. The van der Waals surface area contributed by atoms with Gasteiger partial charge < -0.3 is 15.8 Å². The molecule has 112 valence electrons. The third kappa shape index (κ3) is 3.56. The molecule has 0 aromatic heterocycles. The highest BCUT2D eigenvalue weighted by Gasteiger charge is 2.21. The van der Waals surface area contributed by atoms with E-state index >= 15 is 0 Å². The van der Waals surface area contributed by atoms with Gasteiger partial charge in [0.05, 0.1) is 18.0 Å². The maximum atomic E-state index is 13.7. The van der Waals surface area contributed by atoms with Crippen molar-refractivity contribution in [1.82, 2.24) is 0 Å². The molecular weight excluding hydrogens is 255 g/mol. The molecule has 1 aliphatic carbocycles. The quantitative estimate of drug-likeness (QED) is 0.795. The molecule has 1 aliphatic rings. The van der Waals surface area contributed by atoms with Gasteiger partial charge in [-0.25, -0.2) is 4.39 Å². The van der Waals surface area contributed by atoms with Crippen LogP contribution in [0.5, 0.6) is 5.75 Å². The number of hydrogen-bond donors (Lipinski definition) is 2. The van der Waals surface area contributed by atoms with Gasteiger partial charge in [0.25, 0.3) is 0 Å². The van der Waals surface area contributed by atoms with E-state index in [-0.39, 0.29) is 5.75 Å². The van der Waals surface area contributed by atoms with Crippen molar-refractivity contribution >= 4 is 11.4 Å². The van der Waals surface area contributed by atoms with Gasteiger partial charge >= 0.3 is 0 Å². The molecule has 0 aliphatic heterocycles. The van der Waals surface area contributed by atoms with Gasteiger partial charge in [0.15, 0.2) is 11.6 Å². The maximum absolute atomic E-state index is 13.7. The predicted octanol–water partition coefficient (Wildman–Crippen LogP) is 4.19. The van der Waals surface area contributed by atoms with Gasteiger partial charge in [-0.15, -0.1) is 0 Å². The first-order chi connectivity index (χ1) is 9.63. The molecule has 0 spiro atoms. The molecule has 1 fully saturated rings. The normalized spacial score (nSPS) is 22.6. The van der Waals surface area contributed by atoms with E-state index in [0.717, 1.165) is 24.4 Å². The number of nitrogens with one attached hydrogen (secondary N) is 1. The van der Waals surface area contributed by atoms with Gasteiger partial charge in [0, 0.05) is 18.2 Å². The van der Waals surface area contributed by atoms with Crippen LogP contribution in [0.15, 0.2) is 12.1 Å². The lowest BCUT2D eigenvalue weighted by Crippen LogP contribution is -2.27. The Kier molecular flexibility index (Phi) is 5.10. The van der Waals surface area contributed by atoms with Gasteiger partial charge in [0.2, 0.25) is 0 Å². The fourth-order valence-electron chi connectivity index (χ4n) is 2.97. The van der Waals surface area contributed by atoms with Crippen molar-refractivity contribution in [1.29, 1.82) is 0 Å². The van der Waals surface area contributed by atoms with Crippen molar-refractivity contribution in [2.75, 3.05) is 17.7 Å². The molecule has 0 heterocycles.